The minimum absolute atomic E-state index is 0.167. The summed E-state index contributed by atoms with van der Waals surface area (Å²) in [5, 5.41) is 0. The molecule has 2 rings (SSSR count). The molecular formula is C14H20N4O2. The van der Waals surface area contributed by atoms with Gasteiger partial charge < -0.3 is 19.6 Å². The standard InChI is InChI=1S/C14H20N4O2/c1-11(2)18-9-12(15)8-13(18)14(19)20-7-3-5-17-6-4-16-10-17/h4,6,8-11H,3,5,7,15H2,1-2H3. The molecule has 0 fully saturated rings. The van der Waals surface area contributed by atoms with E-state index in [4.69, 9.17) is 10.5 Å². The van der Waals surface area contributed by atoms with E-state index in [1.54, 1.807) is 24.8 Å². The molecule has 6 nitrogen and oxygen atoms in total. The first-order valence-corrected chi connectivity index (χ1v) is 6.68. The molecule has 2 aromatic heterocycles. The molecule has 0 amide bonds. The Bertz CT molecular complexity index is 558. The zero-order valence-electron chi connectivity index (χ0n) is 11.8. The maximum Gasteiger partial charge on any atom is 0.355 e. The lowest BCUT2D eigenvalue weighted by Gasteiger charge is -2.12. The molecule has 0 saturated carbocycles. The number of imidazole rings is 1. The molecule has 0 aliphatic rings. The van der Waals surface area contributed by atoms with E-state index in [0.29, 0.717) is 18.0 Å². The normalized spacial score (nSPS) is 10.9. The summed E-state index contributed by atoms with van der Waals surface area (Å²) in [5.74, 6) is -0.332. The Hall–Kier alpha value is -2.24. The second-order valence-electron chi connectivity index (χ2n) is 4.95. The van der Waals surface area contributed by atoms with Crippen molar-refractivity contribution in [1.29, 1.82) is 0 Å². The van der Waals surface area contributed by atoms with Crippen molar-refractivity contribution in [2.45, 2.75) is 32.9 Å². The maximum atomic E-state index is 12.0. The number of aromatic nitrogens is 3. The van der Waals surface area contributed by atoms with E-state index in [9.17, 15) is 4.79 Å². The monoisotopic (exact) mass is 276 g/mol. The number of carbonyl (C=O) groups is 1. The van der Waals surface area contributed by atoms with Crippen LogP contribution in [0.2, 0.25) is 0 Å². The summed E-state index contributed by atoms with van der Waals surface area (Å²) in [6.45, 7) is 5.14. The number of hydrogen-bond acceptors (Lipinski definition) is 4. The Morgan fingerprint density at radius 3 is 2.95 bits per heavy atom. The number of nitrogens with two attached hydrogens (primary N) is 1. The highest BCUT2D eigenvalue weighted by atomic mass is 16.5. The van der Waals surface area contributed by atoms with Crippen LogP contribution in [0.25, 0.3) is 0 Å². The van der Waals surface area contributed by atoms with Gasteiger partial charge >= 0.3 is 5.97 Å². The van der Waals surface area contributed by atoms with Crippen molar-refractivity contribution in [1.82, 2.24) is 14.1 Å². The molecule has 2 aromatic rings. The number of esters is 1. The summed E-state index contributed by atoms with van der Waals surface area (Å²) in [6.07, 6.45) is 7.86. The number of nitrogen functional groups attached to an aromatic ring is 1. The molecule has 0 atom stereocenters. The fraction of sp³-hybridized carbons (Fsp3) is 0.429. The molecule has 0 saturated heterocycles. The highest BCUT2D eigenvalue weighted by Gasteiger charge is 2.15. The first-order valence-electron chi connectivity index (χ1n) is 6.68. The van der Waals surface area contributed by atoms with E-state index in [1.165, 1.54) is 0 Å². The van der Waals surface area contributed by atoms with Gasteiger partial charge in [-0.2, -0.15) is 0 Å². The largest absolute Gasteiger partial charge is 0.461 e. The summed E-state index contributed by atoms with van der Waals surface area (Å²) in [5.41, 5.74) is 6.81. The lowest BCUT2D eigenvalue weighted by Crippen LogP contribution is -2.14. The van der Waals surface area contributed by atoms with E-state index in [2.05, 4.69) is 4.98 Å². The lowest BCUT2D eigenvalue weighted by molar-refractivity contribution is 0.0481. The van der Waals surface area contributed by atoms with E-state index in [0.717, 1.165) is 13.0 Å². The van der Waals surface area contributed by atoms with Crippen molar-refractivity contribution in [3.05, 3.63) is 36.7 Å². The predicted molar refractivity (Wildman–Crippen MR) is 76.4 cm³/mol. The lowest BCUT2D eigenvalue weighted by atomic mass is 10.3. The van der Waals surface area contributed by atoms with Gasteiger partial charge in [0.05, 0.1) is 18.6 Å². The highest BCUT2D eigenvalue weighted by Crippen LogP contribution is 2.17. The van der Waals surface area contributed by atoms with Gasteiger partial charge in [-0.25, -0.2) is 9.78 Å². The van der Waals surface area contributed by atoms with E-state index < -0.39 is 0 Å². The molecule has 108 valence electrons. The second kappa shape index (κ2) is 6.27. The number of ether oxygens (including phenoxy) is 1. The van der Waals surface area contributed by atoms with Gasteiger partial charge in [0.2, 0.25) is 0 Å². The second-order valence-corrected chi connectivity index (χ2v) is 4.95. The molecule has 0 unspecified atom stereocenters. The van der Waals surface area contributed by atoms with Crippen LogP contribution in [0.5, 0.6) is 0 Å². The van der Waals surface area contributed by atoms with Gasteiger partial charge in [0.15, 0.2) is 0 Å². The summed E-state index contributed by atoms with van der Waals surface area (Å²) in [4.78, 5) is 16.0. The molecule has 2 N–H and O–H groups in total. The molecule has 0 aliphatic carbocycles. The van der Waals surface area contributed by atoms with Crippen molar-refractivity contribution in [2.75, 3.05) is 12.3 Å². The Labute approximate surface area is 118 Å². The van der Waals surface area contributed by atoms with Gasteiger partial charge in [-0.3, -0.25) is 0 Å². The molecule has 0 spiro atoms. The highest BCUT2D eigenvalue weighted by molar-refractivity contribution is 5.89. The van der Waals surface area contributed by atoms with Gasteiger partial charge in [-0.05, 0) is 26.3 Å². The number of hydrogen-bond donors (Lipinski definition) is 1. The Morgan fingerprint density at radius 1 is 1.50 bits per heavy atom. The molecule has 0 aromatic carbocycles. The van der Waals surface area contributed by atoms with Crippen LogP contribution in [0.1, 0.15) is 36.8 Å². The Balaban J connectivity index is 1.85. The molecule has 0 aliphatic heterocycles. The molecular weight excluding hydrogens is 256 g/mol. The first kappa shape index (κ1) is 14.2. The van der Waals surface area contributed by atoms with Crippen molar-refractivity contribution < 1.29 is 9.53 Å². The Morgan fingerprint density at radius 2 is 2.30 bits per heavy atom. The molecule has 6 heteroatoms. The summed E-state index contributed by atoms with van der Waals surface area (Å²) in [6, 6.07) is 1.82. The number of nitrogens with zero attached hydrogens (tertiary/aromatic N) is 3. The quantitative estimate of drug-likeness (QED) is 0.647. The first-order chi connectivity index (χ1) is 9.58. The third-order valence-electron chi connectivity index (χ3n) is 2.99. The predicted octanol–water partition coefficient (Wildman–Crippen LogP) is 2.09. The van der Waals surface area contributed by atoms with Crippen LogP contribution in [0.4, 0.5) is 5.69 Å². The maximum absolute atomic E-state index is 12.0. The number of anilines is 1. The van der Waals surface area contributed by atoms with E-state index >= 15 is 0 Å². The van der Waals surface area contributed by atoms with Gasteiger partial charge in [-0.15, -0.1) is 0 Å². The molecule has 2 heterocycles. The van der Waals surface area contributed by atoms with Crippen molar-refractivity contribution in [3.8, 4) is 0 Å². The van der Waals surface area contributed by atoms with Crippen molar-refractivity contribution >= 4 is 11.7 Å². The van der Waals surface area contributed by atoms with Gasteiger partial charge in [0.25, 0.3) is 0 Å². The van der Waals surface area contributed by atoms with Crippen LogP contribution in [-0.4, -0.2) is 26.7 Å². The zero-order valence-corrected chi connectivity index (χ0v) is 11.8. The van der Waals surface area contributed by atoms with Crippen molar-refractivity contribution in [2.24, 2.45) is 0 Å². The fourth-order valence-corrected chi connectivity index (χ4v) is 2.00. The number of carbonyl (C=O) groups excluding carboxylic acids is 1. The topological polar surface area (TPSA) is 75.1 Å². The van der Waals surface area contributed by atoms with Crippen LogP contribution < -0.4 is 5.73 Å². The van der Waals surface area contributed by atoms with Crippen LogP contribution in [-0.2, 0) is 11.3 Å². The van der Waals surface area contributed by atoms with E-state index in [-0.39, 0.29) is 12.0 Å². The SMILES string of the molecule is CC(C)n1cc(N)cc1C(=O)OCCCn1ccnc1. The van der Waals surface area contributed by atoms with Gasteiger partial charge in [0.1, 0.15) is 5.69 Å². The number of rotatable bonds is 6. The summed E-state index contributed by atoms with van der Waals surface area (Å²) in [7, 11) is 0. The van der Waals surface area contributed by atoms with Crippen LogP contribution in [0.15, 0.2) is 31.0 Å². The van der Waals surface area contributed by atoms with E-state index in [1.807, 2.05) is 29.2 Å². The van der Waals surface area contributed by atoms with Gasteiger partial charge in [0, 0.05) is 31.2 Å². The summed E-state index contributed by atoms with van der Waals surface area (Å²) >= 11 is 0. The third kappa shape index (κ3) is 3.40. The summed E-state index contributed by atoms with van der Waals surface area (Å²) < 4.78 is 9.06. The van der Waals surface area contributed by atoms with Crippen LogP contribution in [0.3, 0.4) is 0 Å². The Kier molecular flexibility index (Phi) is 4.45. The smallest absolute Gasteiger partial charge is 0.355 e. The molecule has 20 heavy (non-hydrogen) atoms. The number of aryl methyl sites for hydroxylation is 1. The molecule has 0 radical (unpaired) electrons. The zero-order chi connectivity index (χ0) is 14.5. The minimum atomic E-state index is -0.332. The van der Waals surface area contributed by atoms with Crippen LogP contribution in [0, 0.1) is 0 Å². The fourth-order valence-electron chi connectivity index (χ4n) is 2.00. The van der Waals surface area contributed by atoms with Gasteiger partial charge in [-0.1, -0.05) is 0 Å². The average Bonchev–Trinajstić information content (AvgIpc) is 3.03. The van der Waals surface area contributed by atoms with Crippen molar-refractivity contribution in [3.63, 3.8) is 0 Å². The minimum Gasteiger partial charge on any atom is -0.461 e. The van der Waals surface area contributed by atoms with Crippen LogP contribution >= 0.6 is 0 Å². The third-order valence-corrected chi connectivity index (χ3v) is 2.99. The molecule has 0 bridgehead atoms. The average molecular weight is 276 g/mol.